The van der Waals surface area contributed by atoms with Crippen LogP contribution in [0, 0.1) is 0 Å². The van der Waals surface area contributed by atoms with Crippen molar-refractivity contribution in [3.8, 4) is 0 Å². The van der Waals surface area contributed by atoms with Crippen molar-refractivity contribution >= 4 is 62.1 Å². The van der Waals surface area contributed by atoms with E-state index in [0.29, 0.717) is 14.4 Å². The zero-order chi connectivity index (χ0) is 15.1. The molecule has 0 aliphatic heterocycles. The van der Waals surface area contributed by atoms with Crippen LogP contribution in [0.4, 0.5) is 13.2 Å². The van der Waals surface area contributed by atoms with Crippen LogP contribution in [-0.2, 0) is 6.18 Å². The molecule has 0 amide bonds. The maximum Gasteiger partial charge on any atom is 0.416 e. The number of hydrogen-bond acceptors (Lipinski definition) is 1. The van der Waals surface area contributed by atoms with Gasteiger partial charge in [0.25, 0.3) is 0 Å². The van der Waals surface area contributed by atoms with Crippen LogP contribution in [0.1, 0.15) is 22.1 Å². The summed E-state index contributed by atoms with van der Waals surface area (Å²) in [7, 11) is 0. The largest absolute Gasteiger partial charge is 0.416 e. The van der Waals surface area contributed by atoms with E-state index in [1.165, 1.54) is 18.2 Å². The summed E-state index contributed by atoms with van der Waals surface area (Å²) >= 11 is 22.0. The molecule has 2 rings (SSSR count). The molecule has 1 aromatic heterocycles. The first-order valence-electron chi connectivity index (χ1n) is 5.15. The second-order valence-electron chi connectivity index (χ2n) is 3.87. The van der Waals surface area contributed by atoms with Crippen LogP contribution in [0.2, 0.25) is 8.67 Å². The van der Waals surface area contributed by atoms with E-state index in [9.17, 15) is 13.2 Å². The summed E-state index contributed by atoms with van der Waals surface area (Å²) in [5, 5.41) is -1.02. The number of hydrogen-bond donors (Lipinski definition) is 0. The lowest BCUT2D eigenvalue weighted by molar-refractivity contribution is -0.138. The Morgan fingerprint density at radius 2 is 1.75 bits per heavy atom. The van der Waals surface area contributed by atoms with Gasteiger partial charge in [0.05, 0.1) is 19.6 Å². The van der Waals surface area contributed by atoms with Gasteiger partial charge < -0.3 is 0 Å². The first kappa shape index (κ1) is 16.4. The van der Waals surface area contributed by atoms with E-state index in [2.05, 4.69) is 15.9 Å². The molecule has 0 spiro atoms. The Morgan fingerprint density at radius 3 is 2.25 bits per heavy atom. The SMILES string of the molecule is FC(F)(F)c1cc(Br)ccc1C(Cl)c1cc(Cl)sc1Cl. The molecule has 1 heterocycles. The molecular weight excluding hydrogens is 419 g/mol. The average Bonchev–Trinajstić information content (AvgIpc) is 2.66. The Labute approximate surface area is 140 Å². The molecule has 2 aromatic rings. The molecule has 0 saturated heterocycles. The second kappa shape index (κ2) is 6.05. The van der Waals surface area contributed by atoms with Crippen molar-refractivity contribution in [3.05, 3.63) is 54.1 Å². The number of thiophene rings is 1. The fraction of sp³-hybridized carbons (Fsp3) is 0.167. The Bertz CT molecular complexity index is 639. The zero-order valence-electron chi connectivity index (χ0n) is 9.44. The summed E-state index contributed by atoms with van der Waals surface area (Å²) in [6.07, 6.45) is -4.50. The molecule has 0 nitrogen and oxygen atoms in total. The molecule has 1 atom stereocenters. The Balaban J connectivity index is 2.55. The van der Waals surface area contributed by atoms with E-state index in [0.717, 1.165) is 17.4 Å². The van der Waals surface area contributed by atoms with Crippen LogP contribution in [0.15, 0.2) is 28.7 Å². The van der Waals surface area contributed by atoms with Gasteiger partial charge >= 0.3 is 6.18 Å². The maximum absolute atomic E-state index is 13.1. The lowest BCUT2D eigenvalue weighted by atomic mass is 10.0. The molecule has 0 radical (unpaired) electrons. The third-order valence-electron chi connectivity index (χ3n) is 2.55. The van der Waals surface area contributed by atoms with Crippen LogP contribution >= 0.6 is 62.1 Å². The van der Waals surface area contributed by atoms with E-state index in [4.69, 9.17) is 34.8 Å². The van der Waals surface area contributed by atoms with Crippen LogP contribution in [0.25, 0.3) is 0 Å². The number of rotatable bonds is 2. The van der Waals surface area contributed by atoms with Crippen LogP contribution in [-0.4, -0.2) is 0 Å². The third kappa shape index (κ3) is 3.45. The van der Waals surface area contributed by atoms with Crippen LogP contribution in [0.3, 0.4) is 0 Å². The highest BCUT2D eigenvalue weighted by Crippen LogP contribution is 2.45. The predicted octanol–water partition coefficient (Wildman–Crippen LogP) is 7.16. The van der Waals surface area contributed by atoms with Crippen molar-refractivity contribution in [3.63, 3.8) is 0 Å². The van der Waals surface area contributed by atoms with Gasteiger partial charge in [0, 0.05) is 10.0 Å². The van der Waals surface area contributed by atoms with Gasteiger partial charge in [0.1, 0.15) is 0 Å². The van der Waals surface area contributed by atoms with Gasteiger partial charge in [-0.15, -0.1) is 22.9 Å². The molecule has 0 N–H and O–H groups in total. The lowest BCUT2D eigenvalue weighted by Crippen LogP contribution is -2.10. The van der Waals surface area contributed by atoms with Crippen molar-refractivity contribution in [1.82, 2.24) is 0 Å². The third-order valence-corrected chi connectivity index (χ3v) is 5.03. The van der Waals surface area contributed by atoms with E-state index < -0.39 is 17.1 Å². The minimum atomic E-state index is -4.50. The second-order valence-corrected chi connectivity index (χ2v) is 7.51. The highest BCUT2D eigenvalue weighted by molar-refractivity contribution is 9.10. The minimum absolute atomic E-state index is 0.0567. The summed E-state index contributed by atoms with van der Waals surface area (Å²) in [5.74, 6) is 0. The molecule has 0 bridgehead atoms. The normalized spacial score (nSPS) is 13.6. The summed E-state index contributed by atoms with van der Waals surface area (Å²) in [5.41, 5.74) is -0.486. The van der Waals surface area contributed by atoms with Gasteiger partial charge in [0.2, 0.25) is 0 Å². The van der Waals surface area contributed by atoms with Crippen LogP contribution in [0.5, 0.6) is 0 Å². The fourth-order valence-corrected chi connectivity index (χ4v) is 4.06. The fourth-order valence-electron chi connectivity index (χ4n) is 1.69. The molecule has 1 aromatic carbocycles. The molecule has 1 unspecified atom stereocenters. The standard InChI is InChI=1S/C12H5BrCl3F3S/c13-5-1-2-6(8(3-5)12(17,18)19)10(15)7-4-9(14)20-11(7)16/h1-4,10H. The monoisotopic (exact) mass is 422 g/mol. The molecule has 108 valence electrons. The predicted molar refractivity (Wildman–Crippen MR) is 81.2 cm³/mol. The van der Waals surface area contributed by atoms with E-state index >= 15 is 0 Å². The van der Waals surface area contributed by atoms with Crippen molar-refractivity contribution in [2.45, 2.75) is 11.6 Å². The molecule has 8 heteroatoms. The van der Waals surface area contributed by atoms with Crippen molar-refractivity contribution in [2.24, 2.45) is 0 Å². The van der Waals surface area contributed by atoms with E-state index in [-0.39, 0.29) is 9.90 Å². The maximum atomic E-state index is 13.1. The summed E-state index contributed by atoms with van der Waals surface area (Å²) in [6, 6.07) is 5.30. The Kier molecular flexibility index (Phi) is 4.97. The van der Waals surface area contributed by atoms with Gasteiger partial charge in [-0.2, -0.15) is 13.2 Å². The molecule has 0 saturated carbocycles. The summed E-state index contributed by atoms with van der Waals surface area (Å²) in [4.78, 5) is 0. The number of halogens is 7. The van der Waals surface area contributed by atoms with Crippen LogP contribution < -0.4 is 0 Å². The van der Waals surface area contributed by atoms with E-state index in [1.807, 2.05) is 0 Å². The van der Waals surface area contributed by atoms with Crippen molar-refractivity contribution in [1.29, 1.82) is 0 Å². The number of benzene rings is 1. The first-order valence-corrected chi connectivity index (χ1v) is 7.95. The quantitative estimate of drug-likeness (QED) is 0.449. The molecule has 0 aliphatic carbocycles. The molecule has 0 fully saturated rings. The van der Waals surface area contributed by atoms with Gasteiger partial charge in [0.15, 0.2) is 0 Å². The van der Waals surface area contributed by atoms with Gasteiger partial charge in [-0.1, -0.05) is 45.2 Å². The Hall–Kier alpha value is 0.0600. The van der Waals surface area contributed by atoms with Crippen molar-refractivity contribution in [2.75, 3.05) is 0 Å². The zero-order valence-corrected chi connectivity index (χ0v) is 14.1. The van der Waals surface area contributed by atoms with E-state index in [1.54, 1.807) is 0 Å². The highest BCUT2D eigenvalue weighted by atomic mass is 79.9. The average molecular weight is 424 g/mol. The molecule has 0 aliphatic rings. The summed E-state index contributed by atoms with van der Waals surface area (Å²) in [6.45, 7) is 0. The highest BCUT2D eigenvalue weighted by Gasteiger charge is 2.36. The topological polar surface area (TPSA) is 0 Å². The van der Waals surface area contributed by atoms with Gasteiger partial charge in [-0.3, -0.25) is 0 Å². The lowest BCUT2D eigenvalue weighted by Gasteiger charge is -2.17. The summed E-state index contributed by atoms with van der Waals surface area (Å²) < 4.78 is 40.2. The van der Waals surface area contributed by atoms with Gasteiger partial charge in [-0.25, -0.2) is 0 Å². The smallest absolute Gasteiger partial charge is 0.166 e. The number of alkyl halides is 4. The first-order chi connectivity index (χ1) is 9.20. The van der Waals surface area contributed by atoms with Crippen molar-refractivity contribution < 1.29 is 13.2 Å². The van der Waals surface area contributed by atoms with Gasteiger partial charge in [-0.05, 0) is 23.8 Å². The molecule has 20 heavy (non-hydrogen) atoms. The molecular formula is C12H5BrCl3F3S. The minimum Gasteiger partial charge on any atom is -0.166 e. The Morgan fingerprint density at radius 1 is 1.10 bits per heavy atom.